The Morgan fingerprint density at radius 2 is 2.30 bits per heavy atom. The maximum Gasteiger partial charge on any atom is 0.283 e. The molecule has 1 heterocycles. The van der Waals surface area contributed by atoms with E-state index >= 15 is 0 Å². The molecule has 1 atom stereocenters. The van der Waals surface area contributed by atoms with Gasteiger partial charge in [-0.2, -0.15) is 0 Å². The van der Waals surface area contributed by atoms with E-state index in [1.54, 1.807) is 23.0 Å². The Hall–Kier alpha value is -1.80. The van der Waals surface area contributed by atoms with Crippen LogP contribution in [0.1, 0.15) is 31.5 Å². The summed E-state index contributed by atoms with van der Waals surface area (Å²) in [7, 11) is 0. The standard InChI is InChI=1S/C12H14BrN5O2/c1-2-3-10(14)11-7-17(16-15-11)8-4-5-12(18(19)20)9(13)6-8/h4-7,10H,2-3,14H2,1H3. The number of halogens is 1. The Kier molecular flexibility index (Phi) is 4.46. The molecule has 20 heavy (non-hydrogen) atoms. The molecule has 1 unspecified atom stereocenters. The number of hydrogen-bond donors (Lipinski definition) is 1. The second kappa shape index (κ2) is 6.10. The lowest BCUT2D eigenvalue weighted by atomic mass is 10.1. The normalized spacial score (nSPS) is 12.3. The molecule has 0 saturated carbocycles. The van der Waals surface area contributed by atoms with Gasteiger partial charge in [0.25, 0.3) is 5.69 Å². The predicted molar refractivity (Wildman–Crippen MR) is 77.5 cm³/mol. The van der Waals surface area contributed by atoms with Gasteiger partial charge in [0.05, 0.1) is 33.0 Å². The fraction of sp³-hybridized carbons (Fsp3) is 0.333. The summed E-state index contributed by atoms with van der Waals surface area (Å²) in [4.78, 5) is 10.3. The molecular formula is C12H14BrN5O2. The van der Waals surface area contributed by atoms with E-state index in [4.69, 9.17) is 5.73 Å². The van der Waals surface area contributed by atoms with E-state index in [1.165, 1.54) is 6.07 Å². The average molecular weight is 340 g/mol. The topological polar surface area (TPSA) is 99.9 Å². The third-order valence-electron chi connectivity index (χ3n) is 2.88. The van der Waals surface area contributed by atoms with Crippen LogP contribution in [0, 0.1) is 10.1 Å². The lowest BCUT2D eigenvalue weighted by Gasteiger charge is -2.04. The van der Waals surface area contributed by atoms with Gasteiger partial charge < -0.3 is 5.73 Å². The summed E-state index contributed by atoms with van der Waals surface area (Å²) in [5, 5.41) is 18.8. The molecule has 0 aliphatic carbocycles. The first-order valence-electron chi connectivity index (χ1n) is 6.15. The number of nitrogens with zero attached hydrogens (tertiary/aromatic N) is 4. The van der Waals surface area contributed by atoms with Crippen molar-refractivity contribution in [3.05, 3.63) is 44.7 Å². The Bertz CT molecular complexity index is 628. The fourth-order valence-corrected chi connectivity index (χ4v) is 2.33. The number of hydrogen-bond acceptors (Lipinski definition) is 5. The number of nitro groups is 1. The third kappa shape index (κ3) is 3.02. The van der Waals surface area contributed by atoms with Crippen molar-refractivity contribution in [2.45, 2.75) is 25.8 Å². The maximum atomic E-state index is 10.8. The second-order valence-corrected chi connectivity index (χ2v) is 5.23. The molecule has 0 saturated heterocycles. The van der Waals surface area contributed by atoms with Crippen molar-refractivity contribution in [3.8, 4) is 5.69 Å². The molecule has 2 rings (SSSR count). The van der Waals surface area contributed by atoms with E-state index in [0.717, 1.165) is 12.8 Å². The van der Waals surface area contributed by atoms with E-state index in [9.17, 15) is 10.1 Å². The molecule has 2 N–H and O–H groups in total. The molecule has 0 aliphatic rings. The van der Waals surface area contributed by atoms with Gasteiger partial charge in [-0.1, -0.05) is 18.6 Å². The van der Waals surface area contributed by atoms with Gasteiger partial charge in [0.2, 0.25) is 0 Å². The number of nitro benzene ring substituents is 1. The van der Waals surface area contributed by atoms with Crippen molar-refractivity contribution in [2.75, 3.05) is 0 Å². The van der Waals surface area contributed by atoms with Gasteiger partial charge in [0.15, 0.2) is 0 Å². The van der Waals surface area contributed by atoms with Gasteiger partial charge in [-0.05, 0) is 34.5 Å². The summed E-state index contributed by atoms with van der Waals surface area (Å²) in [5.74, 6) is 0. The minimum atomic E-state index is -0.447. The first-order chi connectivity index (χ1) is 9.52. The second-order valence-electron chi connectivity index (χ2n) is 4.38. The van der Waals surface area contributed by atoms with Crippen LogP contribution in [0.25, 0.3) is 5.69 Å². The van der Waals surface area contributed by atoms with Crippen LogP contribution in [0.15, 0.2) is 28.9 Å². The number of nitrogens with two attached hydrogens (primary N) is 1. The average Bonchev–Trinajstić information content (AvgIpc) is 2.88. The van der Waals surface area contributed by atoms with Crippen molar-refractivity contribution in [1.29, 1.82) is 0 Å². The van der Waals surface area contributed by atoms with E-state index in [2.05, 4.69) is 33.2 Å². The Balaban J connectivity index is 2.28. The van der Waals surface area contributed by atoms with E-state index in [1.807, 2.05) is 0 Å². The zero-order chi connectivity index (χ0) is 14.7. The monoisotopic (exact) mass is 339 g/mol. The summed E-state index contributed by atoms with van der Waals surface area (Å²) in [6.07, 6.45) is 3.55. The number of benzene rings is 1. The molecule has 0 fully saturated rings. The smallest absolute Gasteiger partial charge is 0.283 e. The molecule has 0 bridgehead atoms. The maximum absolute atomic E-state index is 10.8. The zero-order valence-corrected chi connectivity index (χ0v) is 12.4. The van der Waals surface area contributed by atoms with Crippen LogP contribution < -0.4 is 5.73 Å². The van der Waals surface area contributed by atoms with Crippen LogP contribution in [0.4, 0.5) is 5.69 Å². The van der Waals surface area contributed by atoms with Gasteiger partial charge >= 0.3 is 0 Å². The third-order valence-corrected chi connectivity index (χ3v) is 3.52. The van der Waals surface area contributed by atoms with Gasteiger partial charge in [-0.3, -0.25) is 10.1 Å². The van der Waals surface area contributed by atoms with Crippen molar-refractivity contribution >= 4 is 21.6 Å². The van der Waals surface area contributed by atoms with Crippen LogP contribution in [0.5, 0.6) is 0 Å². The molecule has 1 aromatic heterocycles. The molecule has 8 heteroatoms. The van der Waals surface area contributed by atoms with Crippen LogP contribution in [-0.4, -0.2) is 19.9 Å². The molecule has 0 aliphatic heterocycles. The summed E-state index contributed by atoms with van der Waals surface area (Å²) in [6.45, 7) is 2.05. The summed E-state index contributed by atoms with van der Waals surface area (Å²) in [6, 6.07) is 4.52. The Labute approximate surface area is 124 Å². The largest absolute Gasteiger partial charge is 0.323 e. The molecule has 7 nitrogen and oxygen atoms in total. The molecular weight excluding hydrogens is 326 g/mol. The molecule has 0 amide bonds. The van der Waals surface area contributed by atoms with E-state index in [0.29, 0.717) is 15.9 Å². The highest BCUT2D eigenvalue weighted by atomic mass is 79.9. The molecule has 0 radical (unpaired) electrons. The summed E-state index contributed by atoms with van der Waals surface area (Å²) in [5.41, 5.74) is 7.38. The predicted octanol–water partition coefficient (Wildman–Crippen LogP) is 2.74. The van der Waals surface area contributed by atoms with Crippen LogP contribution in [-0.2, 0) is 0 Å². The van der Waals surface area contributed by atoms with E-state index < -0.39 is 4.92 Å². The minimum Gasteiger partial charge on any atom is -0.323 e. The van der Waals surface area contributed by atoms with Gasteiger partial charge in [0.1, 0.15) is 0 Å². The molecule has 0 spiro atoms. The van der Waals surface area contributed by atoms with Gasteiger partial charge in [0, 0.05) is 6.07 Å². The zero-order valence-electron chi connectivity index (χ0n) is 10.9. The summed E-state index contributed by atoms with van der Waals surface area (Å²) >= 11 is 3.18. The fourth-order valence-electron chi connectivity index (χ4n) is 1.82. The molecule has 1 aromatic carbocycles. The first kappa shape index (κ1) is 14.6. The van der Waals surface area contributed by atoms with Crippen molar-refractivity contribution in [2.24, 2.45) is 5.73 Å². The van der Waals surface area contributed by atoms with Crippen LogP contribution in [0.3, 0.4) is 0 Å². The van der Waals surface area contributed by atoms with Crippen molar-refractivity contribution in [1.82, 2.24) is 15.0 Å². The quantitative estimate of drug-likeness (QED) is 0.666. The highest BCUT2D eigenvalue weighted by Crippen LogP contribution is 2.27. The lowest BCUT2D eigenvalue weighted by Crippen LogP contribution is -2.10. The first-order valence-corrected chi connectivity index (χ1v) is 6.94. The SMILES string of the molecule is CCCC(N)c1cn(-c2ccc([N+](=O)[O-])c(Br)c2)nn1. The number of aromatic nitrogens is 3. The van der Waals surface area contributed by atoms with Crippen LogP contribution >= 0.6 is 15.9 Å². The molecule has 2 aromatic rings. The highest BCUT2D eigenvalue weighted by molar-refractivity contribution is 9.10. The Morgan fingerprint density at radius 1 is 1.55 bits per heavy atom. The van der Waals surface area contributed by atoms with E-state index in [-0.39, 0.29) is 11.7 Å². The minimum absolute atomic E-state index is 0.0109. The Morgan fingerprint density at radius 3 is 2.90 bits per heavy atom. The van der Waals surface area contributed by atoms with Gasteiger partial charge in [-0.25, -0.2) is 4.68 Å². The highest BCUT2D eigenvalue weighted by Gasteiger charge is 2.14. The van der Waals surface area contributed by atoms with Crippen molar-refractivity contribution < 1.29 is 4.92 Å². The van der Waals surface area contributed by atoms with Crippen LogP contribution in [0.2, 0.25) is 0 Å². The van der Waals surface area contributed by atoms with Gasteiger partial charge in [-0.15, -0.1) is 5.10 Å². The number of rotatable bonds is 5. The van der Waals surface area contributed by atoms with Crippen molar-refractivity contribution in [3.63, 3.8) is 0 Å². The lowest BCUT2D eigenvalue weighted by molar-refractivity contribution is -0.385. The molecule has 106 valence electrons. The summed E-state index contributed by atoms with van der Waals surface area (Å²) < 4.78 is 1.95.